The maximum Gasteiger partial charge on any atom is 0.171 e. The van der Waals surface area contributed by atoms with Gasteiger partial charge >= 0.3 is 0 Å². The first kappa shape index (κ1) is 15.0. The van der Waals surface area contributed by atoms with E-state index < -0.39 is 0 Å². The molecular weight excluding hydrogens is 292 g/mol. The fourth-order valence-corrected chi connectivity index (χ4v) is 3.82. The van der Waals surface area contributed by atoms with Crippen molar-refractivity contribution in [3.05, 3.63) is 35.9 Å². The molecule has 2 aromatic rings. The molecule has 0 saturated carbocycles. The number of hydrogen-bond acceptors (Lipinski definition) is 4. The molecule has 0 aromatic carbocycles. The maximum absolute atomic E-state index is 12.1. The van der Waals surface area contributed by atoms with E-state index in [-0.39, 0.29) is 11.5 Å². The molecule has 0 bridgehead atoms. The summed E-state index contributed by atoms with van der Waals surface area (Å²) < 4.78 is 3.59. The summed E-state index contributed by atoms with van der Waals surface area (Å²) in [6, 6.07) is 3.57. The van der Waals surface area contributed by atoms with Crippen LogP contribution < -0.4 is 19.3 Å². The lowest BCUT2D eigenvalue weighted by Crippen LogP contribution is -2.32. The Morgan fingerprint density at radius 2 is 1.15 bits per heavy atom. The van der Waals surface area contributed by atoms with Gasteiger partial charge in [0, 0.05) is 35.8 Å². The number of nitrogens with zero attached hydrogens (tertiary/aromatic N) is 2. The lowest BCUT2D eigenvalue weighted by molar-refractivity contribution is -0.680. The van der Waals surface area contributed by atoms with Crippen molar-refractivity contribution >= 4 is 21.6 Å². The van der Waals surface area contributed by atoms with E-state index in [1.807, 2.05) is 26.5 Å². The summed E-state index contributed by atoms with van der Waals surface area (Å²) in [5, 5.41) is 24.2. The van der Waals surface area contributed by atoms with Crippen molar-refractivity contribution < 1.29 is 19.3 Å². The van der Waals surface area contributed by atoms with Gasteiger partial charge in [-0.3, -0.25) is 0 Å². The molecule has 0 unspecified atom stereocenters. The number of hydrogen-bond donors (Lipinski definition) is 0. The standard InChI is InChI=1S/C14H16N2O2S2/c1-9-13(17)11(5-7-15(9)3)19-20-12-6-8-16(4)10(2)14(12)18/h5-8H,1-4H3. The fraction of sp³-hybridized carbons (Fsp3) is 0.286. The van der Waals surface area contributed by atoms with Gasteiger partial charge in [-0.15, -0.1) is 0 Å². The van der Waals surface area contributed by atoms with E-state index in [4.69, 9.17) is 0 Å². The van der Waals surface area contributed by atoms with Crippen molar-refractivity contribution in [2.75, 3.05) is 0 Å². The van der Waals surface area contributed by atoms with Crippen molar-refractivity contribution in [1.29, 1.82) is 0 Å². The van der Waals surface area contributed by atoms with Gasteiger partial charge in [-0.05, 0) is 11.5 Å². The quantitative estimate of drug-likeness (QED) is 0.624. The van der Waals surface area contributed by atoms with E-state index in [1.54, 1.807) is 35.1 Å². The van der Waals surface area contributed by atoms with Gasteiger partial charge in [0.15, 0.2) is 23.8 Å². The molecule has 0 spiro atoms. The number of rotatable bonds is 3. The summed E-state index contributed by atoms with van der Waals surface area (Å²) in [7, 11) is 6.35. The van der Waals surface area contributed by atoms with Crippen LogP contribution in [-0.4, -0.2) is 0 Å². The van der Waals surface area contributed by atoms with Gasteiger partial charge in [0.25, 0.3) is 0 Å². The lowest BCUT2D eigenvalue weighted by atomic mass is 10.3. The second-order valence-corrected chi connectivity index (χ2v) is 6.79. The van der Waals surface area contributed by atoms with Crippen LogP contribution in [0.4, 0.5) is 0 Å². The molecule has 0 aliphatic heterocycles. The molecule has 0 aliphatic rings. The van der Waals surface area contributed by atoms with Crippen LogP contribution in [0.15, 0.2) is 34.3 Å². The minimum absolute atomic E-state index is 0.0122. The van der Waals surface area contributed by atoms with Gasteiger partial charge in [-0.25, -0.2) is 9.13 Å². The third-order valence-electron chi connectivity index (χ3n) is 3.28. The molecule has 6 heteroatoms. The van der Waals surface area contributed by atoms with Crippen LogP contribution in [0.5, 0.6) is 11.5 Å². The summed E-state index contributed by atoms with van der Waals surface area (Å²) in [6.45, 7) is 3.59. The molecule has 0 radical (unpaired) electrons. The van der Waals surface area contributed by atoms with Gasteiger partial charge in [0.05, 0.1) is 0 Å². The normalized spacial score (nSPS) is 10.8. The molecule has 0 N–H and O–H groups in total. The van der Waals surface area contributed by atoms with Gasteiger partial charge in [-0.1, -0.05) is 21.6 Å². The molecule has 106 valence electrons. The van der Waals surface area contributed by atoms with E-state index in [1.165, 1.54) is 21.6 Å². The Labute approximate surface area is 126 Å². The zero-order valence-corrected chi connectivity index (χ0v) is 13.5. The smallest absolute Gasteiger partial charge is 0.171 e. The maximum atomic E-state index is 12.1. The summed E-state index contributed by atoms with van der Waals surface area (Å²) in [6.07, 6.45) is 3.71. The Hall–Kier alpha value is -1.40. The van der Waals surface area contributed by atoms with Gasteiger partial charge in [0.1, 0.15) is 14.1 Å². The Bertz CT molecular complexity index is 603. The topological polar surface area (TPSA) is 53.9 Å². The lowest BCUT2D eigenvalue weighted by Gasteiger charge is -2.15. The number of pyridine rings is 2. The molecule has 0 saturated heterocycles. The molecular formula is C14H16N2O2S2. The molecule has 20 heavy (non-hydrogen) atoms. The molecule has 0 fully saturated rings. The first-order valence-corrected chi connectivity index (χ1v) is 8.24. The Morgan fingerprint density at radius 3 is 1.50 bits per heavy atom. The third-order valence-corrected chi connectivity index (χ3v) is 5.70. The zero-order chi connectivity index (χ0) is 14.9. The highest BCUT2D eigenvalue weighted by Gasteiger charge is 2.10. The highest BCUT2D eigenvalue weighted by molar-refractivity contribution is 8.76. The SMILES string of the molecule is Cc1c([O-])c(SSc2cc[n+](C)c(C)c2[O-])cc[n+]1C. The number of aryl methyl sites for hydroxylation is 2. The van der Waals surface area contributed by atoms with Gasteiger partial charge in [-0.2, -0.15) is 0 Å². The fourth-order valence-electron chi connectivity index (χ4n) is 1.63. The van der Waals surface area contributed by atoms with Crippen molar-refractivity contribution in [2.45, 2.75) is 23.6 Å². The molecule has 2 rings (SSSR count). The van der Waals surface area contributed by atoms with E-state index in [2.05, 4.69) is 0 Å². The molecule has 0 atom stereocenters. The van der Waals surface area contributed by atoms with Crippen LogP contribution in [0.3, 0.4) is 0 Å². The van der Waals surface area contributed by atoms with Crippen LogP contribution in [-0.2, 0) is 14.1 Å². The van der Waals surface area contributed by atoms with E-state index in [9.17, 15) is 10.2 Å². The van der Waals surface area contributed by atoms with Crippen LogP contribution in [0.1, 0.15) is 11.4 Å². The van der Waals surface area contributed by atoms with E-state index in [0.29, 0.717) is 21.2 Å². The van der Waals surface area contributed by atoms with E-state index in [0.717, 1.165) is 0 Å². The monoisotopic (exact) mass is 308 g/mol. The predicted molar refractivity (Wildman–Crippen MR) is 75.3 cm³/mol. The van der Waals surface area contributed by atoms with Crippen LogP contribution in [0.2, 0.25) is 0 Å². The minimum Gasteiger partial charge on any atom is -0.867 e. The summed E-state index contributed by atoms with van der Waals surface area (Å²) in [4.78, 5) is 1.30. The van der Waals surface area contributed by atoms with Crippen molar-refractivity contribution in [3.8, 4) is 11.5 Å². The second-order valence-electron chi connectivity index (χ2n) is 4.58. The Morgan fingerprint density at radius 1 is 0.800 bits per heavy atom. The molecule has 0 amide bonds. The Kier molecular flexibility index (Phi) is 4.45. The van der Waals surface area contributed by atoms with Crippen molar-refractivity contribution in [3.63, 3.8) is 0 Å². The molecule has 4 nitrogen and oxygen atoms in total. The second kappa shape index (κ2) is 5.93. The van der Waals surface area contributed by atoms with E-state index >= 15 is 0 Å². The molecule has 2 aromatic heterocycles. The highest BCUT2D eigenvalue weighted by atomic mass is 33.1. The largest absolute Gasteiger partial charge is 0.867 e. The van der Waals surface area contributed by atoms with Crippen LogP contribution in [0, 0.1) is 13.8 Å². The highest BCUT2D eigenvalue weighted by Crippen LogP contribution is 2.43. The predicted octanol–water partition coefficient (Wildman–Crippen LogP) is 0.899. The number of aromatic nitrogens is 2. The first-order chi connectivity index (χ1) is 9.41. The molecule has 2 heterocycles. The van der Waals surface area contributed by atoms with Crippen LogP contribution in [0.25, 0.3) is 0 Å². The summed E-state index contributed by atoms with van der Waals surface area (Å²) in [5.41, 5.74) is 1.38. The Balaban J connectivity index is 2.22. The third kappa shape index (κ3) is 2.86. The average Bonchev–Trinajstić information content (AvgIpc) is 2.43. The summed E-state index contributed by atoms with van der Waals surface area (Å²) >= 11 is 0. The van der Waals surface area contributed by atoms with Crippen LogP contribution >= 0.6 is 21.6 Å². The molecule has 0 aliphatic carbocycles. The van der Waals surface area contributed by atoms with Gasteiger partial charge < -0.3 is 10.2 Å². The van der Waals surface area contributed by atoms with Crippen molar-refractivity contribution in [2.24, 2.45) is 14.1 Å². The first-order valence-electron chi connectivity index (χ1n) is 6.09. The minimum atomic E-state index is 0.0122. The average molecular weight is 308 g/mol. The van der Waals surface area contributed by atoms with Gasteiger partial charge in [0.2, 0.25) is 0 Å². The zero-order valence-electron chi connectivity index (χ0n) is 11.8. The summed E-state index contributed by atoms with van der Waals surface area (Å²) in [5.74, 6) is 0.0244. The van der Waals surface area contributed by atoms with Crippen molar-refractivity contribution in [1.82, 2.24) is 0 Å².